The molecule has 0 bridgehead atoms. The van der Waals surface area contributed by atoms with Crippen molar-refractivity contribution in [3.05, 3.63) is 70.3 Å². The standard InChI is InChI=1S/C21H25N3O3S/c1-5-19(20-22-18-10-8-7-9-17(18)21(25)23(20)4)24(6-2)28(26,27)16-13-11-15(3)12-14-16/h7-14,19H,5-6H2,1-4H3. The lowest BCUT2D eigenvalue weighted by Gasteiger charge is -2.30. The third-order valence-corrected chi connectivity index (χ3v) is 6.99. The Morgan fingerprint density at radius 3 is 2.32 bits per heavy atom. The maximum absolute atomic E-state index is 13.3. The predicted molar refractivity (Wildman–Crippen MR) is 111 cm³/mol. The van der Waals surface area contributed by atoms with Gasteiger partial charge in [-0.3, -0.25) is 9.36 Å². The molecule has 0 aliphatic heterocycles. The number of aromatic nitrogens is 2. The number of fused-ring (bicyclic) bond motifs is 1. The number of rotatable bonds is 6. The van der Waals surface area contributed by atoms with Crippen LogP contribution in [0.1, 0.15) is 37.7 Å². The van der Waals surface area contributed by atoms with E-state index in [2.05, 4.69) is 4.98 Å². The highest BCUT2D eigenvalue weighted by molar-refractivity contribution is 7.89. The highest BCUT2D eigenvalue weighted by atomic mass is 32.2. The Kier molecular flexibility index (Phi) is 5.67. The van der Waals surface area contributed by atoms with Gasteiger partial charge in [-0.15, -0.1) is 0 Å². The van der Waals surface area contributed by atoms with E-state index in [9.17, 15) is 13.2 Å². The van der Waals surface area contributed by atoms with Crippen LogP contribution in [0.4, 0.5) is 0 Å². The van der Waals surface area contributed by atoms with Gasteiger partial charge in [0.15, 0.2) is 0 Å². The molecule has 148 valence electrons. The Hall–Kier alpha value is -2.51. The van der Waals surface area contributed by atoms with Crippen LogP contribution >= 0.6 is 0 Å². The van der Waals surface area contributed by atoms with E-state index in [1.807, 2.05) is 19.9 Å². The number of hydrogen-bond acceptors (Lipinski definition) is 4. The highest BCUT2D eigenvalue weighted by Crippen LogP contribution is 2.29. The van der Waals surface area contributed by atoms with Gasteiger partial charge in [-0.05, 0) is 37.6 Å². The van der Waals surface area contributed by atoms with Crippen LogP contribution in [0.3, 0.4) is 0 Å². The monoisotopic (exact) mass is 399 g/mol. The van der Waals surface area contributed by atoms with Gasteiger partial charge in [0.25, 0.3) is 5.56 Å². The molecule has 0 aliphatic rings. The number of nitrogens with zero attached hydrogens (tertiary/aromatic N) is 3. The molecule has 3 aromatic rings. The molecule has 2 aromatic carbocycles. The fraction of sp³-hybridized carbons (Fsp3) is 0.333. The van der Waals surface area contributed by atoms with E-state index in [-0.39, 0.29) is 17.0 Å². The zero-order valence-electron chi connectivity index (χ0n) is 16.6. The van der Waals surface area contributed by atoms with Crippen LogP contribution in [-0.4, -0.2) is 28.8 Å². The quantitative estimate of drug-likeness (QED) is 0.637. The van der Waals surface area contributed by atoms with Gasteiger partial charge in [-0.2, -0.15) is 4.31 Å². The molecule has 1 heterocycles. The zero-order chi connectivity index (χ0) is 20.5. The number of aryl methyl sites for hydroxylation is 1. The van der Waals surface area contributed by atoms with Gasteiger partial charge in [0.05, 0.1) is 21.8 Å². The van der Waals surface area contributed by atoms with Gasteiger partial charge in [-0.25, -0.2) is 13.4 Å². The minimum atomic E-state index is -3.73. The molecule has 1 unspecified atom stereocenters. The van der Waals surface area contributed by atoms with Crippen molar-refractivity contribution in [2.24, 2.45) is 7.05 Å². The number of hydrogen-bond donors (Lipinski definition) is 0. The second-order valence-corrected chi connectivity index (χ2v) is 8.69. The molecule has 3 rings (SSSR count). The minimum absolute atomic E-state index is 0.178. The van der Waals surface area contributed by atoms with E-state index in [0.29, 0.717) is 23.1 Å². The fourth-order valence-electron chi connectivity index (χ4n) is 3.45. The van der Waals surface area contributed by atoms with Crippen molar-refractivity contribution in [1.82, 2.24) is 13.9 Å². The summed E-state index contributed by atoms with van der Waals surface area (Å²) in [7, 11) is -2.09. The minimum Gasteiger partial charge on any atom is -0.298 e. The molecule has 0 spiro atoms. The van der Waals surface area contributed by atoms with Crippen LogP contribution in [-0.2, 0) is 17.1 Å². The van der Waals surface area contributed by atoms with Crippen molar-refractivity contribution in [2.75, 3.05) is 6.54 Å². The maximum Gasteiger partial charge on any atom is 0.261 e. The first-order chi connectivity index (χ1) is 13.3. The largest absolute Gasteiger partial charge is 0.298 e. The predicted octanol–water partition coefficient (Wildman–Crippen LogP) is 3.40. The van der Waals surface area contributed by atoms with Gasteiger partial charge < -0.3 is 0 Å². The smallest absolute Gasteiger partial charge is 0.261 e. The van der Waals surface area contributed by atoms with Crippen molar-refractivity contribution in [2.45, 2.75) is 38.1 Å². The summed E-state index contributed by atoms with van der Waals surface area (Å²) in [6, 6.07) is 13.4. The maximum atomic E-state index is 13.3. The SMILES string of the molecule is CCC(c1nc2ccccc2c(=O)n1C)N(CC)S(=O)(=O)c1ccc(C)cc1. The summed E-state index contributed by atoms with van der Waals surface area (Å²) in [6.45, 7) is 5.89. The normalized spacial score (nSPS) is 13.2. The Labute approximate surface area is 165 Å². The molecule has 7 heteroatoms. The molecule has 0 amide bonds. The fourth-order valence-corrected chi connectivity index (χ4v) is 5.12. The Bertz CT molecular complexity index is 1150. The van der Waals surface area contributed by atoms with E-state index in [4.69, 9.17) is 0 Å². The number of sulfonamides is 1. The average Bonchev–Trinajstić information content (AvgIpc) is 2.69. The second kappa shape index (κ2) is 7.85. The molecular formula is C21H25N3O3S. The van der Waals surface area contributed by atoms with Gasteiger partial charge in [0.2, 0.25) is 10.0 Å². The lowest BCUT2D eigenvalue weighted by molar-refractivity contribution is 0.309. The second-order valence-electron chi connectivity index (χ2n) is 6.80. The molecule has 0 N–H and O–H groups in total. The third kappa shape index (κ3) is 3.47. The summed E-state index contributed by atoms with van der Waals surface area (Å²) >= 11 is 0. The Morgan fingerprint density at radius 2 is 1.71 bits per heavy atom. The van der Waals surface area contributed by atoms with Crippen molar-refractivity contribution in [1.29, 1.82) is 0 Å². The molecule has 0 fully saturated rings. The molecule has 0 saturated heterocycles. The summed E-state index contributed by atoms with van der Waals surface area (Å²) in [5.41, 5.74) is 1.39. The third-order valence-electron chi connectivity index (χ3n) is 4.99. The molecule has 0 radical (unpaired) electrons. The summed E-state index contributed by atoms with van der Waals surface area (Å²) in [6.07, 6.45) is 0.498. The van der Waals surface area contributed by atoms with Crippen LogP contribution in [0.15, 0.2) is 58.2 Å². The average molecular weight is 400 g/mol. The highest BCUT2D eigenvalue weighted by Gasteiger charge is 2.32. The van der Waals surface area contributed by atoms with Crippen molar-refractivity contribution in [3.63, 3.8) is 0 Å². The molecule has 0 saturated carbocycles. The van der Waals surface area contributed by atoms with E-state index in [0.717, 1.165) is 5.56 Å². The molecule has 1 aromatic heterocycles. The molecule has 0 aliphatic carbocycles. The van der Waals surface area contributed by atoms with E-state index >= 15 is 0 Å². The topological polar surface area (TPSA) is 72.3 Å². The zero-order valence-corrected chi connectivity index (χ0v) is 17.4. The van der Waals surface area contributed by atoms with Gasteiger partial charge in [0, 0.05) is 13.6 Å². The number of para-hydroxylation sites is 1. The van der Waals surface area contributed by atoms with Crippen LogP contribution in [0.5, 0.6) is 0 Å². The summed E-state index contributed by atoms with van der Waals surface area (Å²) in [4.78, 5) is 17.7. The van der Waals surface area contributed by atoms with Gasteiger partial charge in [-0.1, -0.05) is 43.7 Å². The van der Waals surface area contributed by atoms with Gasteiger partial charge >= 0.3 is 0 Å². The summed E-state index contributed by atoms with van der Waals surface area (Å²) in [5.74, 6) is 0.448. The van der Waals surface area contributed by atoms with Crippen LogP contribution in [0, 0.1) is 6.92 Å². The Balaban J connectivity index is 2.16. The molecule has 6 nitrogen and oxygen atoms in total. The summed E-state index contributed by atoms with van der Waals surface area (Å²) in [5, 5.41) is 0.521. The lowest BCUT2D eigenvalue weighted by atomic mass is 10.1. The van der Waals surface area contributed by atoms with Crippen molar-refractivity contribution < 1.29 is 8.42 Å². The molecule has 1 atom stereocenters. The first-order valence-corrected chi connectivity index (χ1v) is 10.8. The van der Waals surface area contributed by atoms with Crippen LogP contribution in [0.2, 0.25) is 0 Å². The molecular weight excluding hydrogens is 374 g/mol. The van der Waals surface area contributed by atoms with Crippen molar-refractivity contribution >= 4 is 20.9 Å². The molecule has 28 heavy (non-hydrogen) atoms. The van der Waals surface area contributed by atoms with E-state index < -0.39 is 16.1 Å². The van der Waals surface area contributed by atoms with E-state index in [1.165, 1.54) is 8.87 Å². The van der Waals surface area contributed by atoms with E-state index in [1.54, 1.807) is 56.4 Å². The lowest BCUT2D eigenvalue weighted by Crippen LogP contribution is -2.38. The Morgan fingerprint density at radius 1 is 1.07 bits per heavy atom. The summed E-state index contributed by atoms with van der Waals surface area (Å²) < 4.78 is 29.5. The van der Waals surface area contributed by atoms with Crippen LogP contribution < -0.4 is 5.56 Å². The van der Waals surface area contributed by atoms with Crippen molar-refractivity contribution in [3.8, 4) is 0 Å². The van der Waals surface area contributed by atoms with Crippen LogP contribution in [0.25, 0.3) is 10.9 Å². The first kappa shape index (κ1) is 20.2. The first-order valence-electron chi connectivity index (χ1n) is 9.35. The van der Waals surface area contributed by atoms with Gasteiger partial charge in [0.1, 0.15) is 5.82 Å². The number of benzene rings is 2.